The molecule has 0 bridgehead atoms. The van der Waals surface area contributed by atoms with Crippen LogP contribution in [0, 0.1) is 17.7 Å². The van der Waals surface area contributed by atoms with Gasteiger partial charge in [0.2, 0.25) is 0 Å². The topological polar surface area (TPSA) is 81.7 Å². The van der Waals surface area contributed by atoms with E-state index in [1.54, 1.807) is 22.9 Å². The standard InChI is InChI=1S/C21H17F2N6/c22-14-3-1-2-12(8-14)13-4-5-16(17(23)9-13)19-18-20(24)26-11-27-21(18)29(28-19)15-6-7-25-10-15/h1-2,4-5,8-9,11,15,25H,6-7,10H2,(H2,24,26,27)/t15-/m1/s1. The lowest BCUT2D eigenvalue weighted by Gasteiger charge is -2.09. The van der Waals surface area contributed by atoms with Gasteiger partial charge >= 0.3 is 0 Å². The van der Waals surface area contributed by atoms with Gasteiger partial charge in [-0.05, 0) is 42.3 Å². The van der Waals surface area contributed by atoms with Crippen LogP contribution in [0.25, 0.3) is 33.4 Å². The summed E-state index contributed by atoms with van der Waals surface area (Å²) < 4.78 is 30.4. The summed E-state index contributed by atoms with van der Waals surface area (Å²) in [7, 11) is 0. The number of aromatic nitrogens is 4. The number of rotatable bonds is 3. The van der Waals surface area contributed by atoms with Crippen molar-refractivity contribution in [1.29, 1.82) is 0 Å². The van der Waals surface area contributed by atoms with Gasteiger partial charge in [-0.25, -0.2) is 23.4 Å². The summed E-state index contributed by atoms with van der Waals surface area (Å²) in [6.07, 6.45) is 2.29. The molecule has 2 aromatic heterocycles. The lowest BCUT2D eigenvalue weighted by molar-refractivity contribution is 0.504. The van der Waals surface area contributed by atoms with E-state index in [1.807, 2.05) is 0 Å². The van der Waals surface area contributed by atoms with Crippen LogP contribution in [0.4, 0.5) is 14.6 Å². The van der Waals surface area contributed by atoms with Gasteiger partial charge in [0.05, 0.1) is 11.4 Å². The molecule has 0 saturated carbocycles. The van der Waals surface area contributed by atoms with Gasteiger partial charge in [-0.2, -0.15) is 5.10 Å². The van der Waals surface area contributed by atoms with Crippen molar-refractivity contribution in [2.75, 3.05) is 18.8 Å². The maximum absolute atomic E-state index is 15.1. The van der Waals surface area contributed by atoms with E-state index in [9.17, 15) is 4.39 Å². The summed E-state index contributed by atoms with van der Waals surface area (Å²) in [5, 5.41) is 8.50. The molecule has 0 aliphatic carbocycles. The minimum Gasteiger partial charge on any atom is -0.383 e. The number of nitrogens with zero attached hydrogens (tertiary/aromatic N) is 4. The van der Waals surface area contributed by atoms with Crippen molar-refractivity contribution in [1.82, 2.24) is 25.1 Å². The summed E-state index contributed by atoms with van der Waals surface area (Å²) in [4.78, 5) is 8.42. The first-order valence-electron chi connectivity index (χ1n) is 9.29. The van der Waals surface area contributed by atoms with Crippen LogP contribution < -0.4 is 11.1 Å². The lowest BCUT2D eigenvalue weighted by Crippen LogP contribution is -2.15. The van der Waals surface area contributed by atoms with Gasteiger partial charge in [-0.3, -0.25) is 0 Å². The van der Waals surface area contributed by atoms with E-state index in [1.165, 1.54) is 24.5 Å². The number of nitrogens with one attached hydrogen (secondary N) is 1. The van der Waals surface area contributed by atoms with Crippen LogP contribution in [-0.2, 0) is 0 Å². The fraction of sp³-hybridized carbons (Fsp3) is 0.190. The second-order valence-corrected chi connectivity index (χ2v) is 7.02. The highest BCUT2D eigenvalue weighted by Crippen LogP contribution is 2.35. The molecule has 8 heteroatoms. The normalized spacial score (nSPS) is 16.6. The molecule has 3 N–H and O–H groups in total. The van der Waals surface area contributed by atoms with Gasteiger partial charge in [0.25, 0.3) is 0 Å². The van der Waals surface area contributed by atoms with E-state index in [4.69, 9.17) is 5.73 Å². The van der Waals surface area contributed by atoms with Crippen LogP contribution in [-0.4, -0.2) is 32.8 Å². The molecule has 1 fully saturated rings. The van der Waals surface area contributed by atoms with Crippen LogP contribution in [0.3, 0.4) is 0 Å². The smallest absolute Gasteiger partial charge is 0.164 e. The first-order valence-corrected chi connectivity index (χ1v) is 9.29. The van der Waals surface area contributed by atoms with Crippen molar-refractivity contribution in [3.8, 4) is 22.4 Å². The van der Waals surface area contributed by atoms with Crippen LogP contribution in [0.1, 0.15) is 12.5 Å². The molecule has 29 heavy (non-hydrogen) atoms. The Morgan fingerprint density at radius 2 is 2.00 bits per heavy atom. The highest BCUT2D eigenvalue weighted by atomic mass is 19.1. The summed E-state index contributed by atoms with van der Waals surface area (Å²) in [6, 6.07) is 11.8. The van der Waals surface area contributed by atoms with Crippen molar-refractivity contribution in [2.24, 2.45) is 0 Å². The van der Waals surface area contributed by atoms with E-state index < -0.39 is 11.6 Å². The Morgan fingerprint density at radius 1 is 1.14 bits per heavy atom. The van der Waals surface area contributed by atoms with Crippen molar-refractivity contribution in [3.05, 3.63) is 60.4 Å². The van der Waals surface area contributed by atoms with Gasteiger partial charge in [0.1, 0.15) is 29.5 Å². The van der Waals surface area contributed by atoms with Crippen molar-refractivity contribution in [3.63, 3.8) is 0 Å². The predicted octanol–water partition coefficient (Wildman–Crippen LogP) is 3.36. The SMILES string of the molecule is Nc1ncnc2c1c(-c1ccc(-c3cc[c]c(F)c3)cc1F)nn2[C@@H]1CCNC1. The molecule has 1 atom stereocenters. The summed E-state index contributed by atoms with van der Waals surface area (Å²) in [5.41, 5.74) is 8.53. The molecule has 1 aliphatic heterocycles. The second-order valence-electron chi connectivity index (χ2n) is 7.02. The number of hydrogen-bond acceptors (Lipinski definition) is 5. The molecule has 1 saturated heterocycles. The van der Waals surface area contributed by atoms with Crippen LogP contribution in [0.15, 0.2) is 42.7 Å². The zero-order valence-electron chi connectivity index (χ0n) is 15.4. The van der Waals surface area contributed by atoms with Crippen molar-refractivity contribution < 1.29 is 8.78 Å². The largest absolute Gasteiger partial charge is 0.383 e. The highest BCUT2D eigenvalue weighted by molar-refractivity contribution is 5.98. The van der Waals surface area contributed by atoms with E-state index in [0.29, 0.717) is 33.4 Å². The van der Waals surface area contributed by atoms with Crippen LogP contribution in [0.2, 0.25) is 0 Å². The Bertz CT molecular complexity index is 1210. The third-order valence-electron chi connectivity index (χ3n) is 5.22. The van der Waals surface area contributed by atoms with E-state index in [-0.39, 0.29) is 11.9 Å². The number of benzene rings is 2. The summed E-state index contributed by atoms with van der Waals surface area (Å²) >= 11 is 0. The number of hydrogen-bond donors (Lipinski definition) is 2. The predicted molar refractivity (Wildman–Crippen MR) is 106 cm³/mol. The molecule has 0 spiro atoms. The molecule has 6 nitrogen and oxygen atoms in total. The number of nitrogens with two attached hydrogens (primary N) is 1. The van der Waals surface area contributed by atoms with Gasteiger partial charge in [-0.15, -0.1) is 0 Å². The molecule has 3 heterocycles. The van der Waals surface area contributed by atoms with Gasteiger partial charge in [0, 0.05) is 18.2 Å². The Balaban J connectivity index is 1.66. The maximum atomic E-state index is 15.1. The molecule has 0 amide bonds. The molecule has 1 radical (unpaired) electrons. The highest BCUT2D eigenvalue weighted by Gasteiger charge is 2.25. The van der Waals surface area contributed by atoms with Gasteiger partial charge in [0.15, 0.2) is 5.65 Å². The van der Waals surface area contributed by atoms with Crippen LogP contribution in [0.5, 0.6) is 0 Å². The fourth-order valence-electron chi connectivity index (χ4n) is 3.79. The number of anilines is 1. The Hall–Kier alpha value is -3.39. The van der Waals surface area contributed by atoms with Crippen LogP contribution >= 0.6 is 0 Å². The molecular formula is C21H17F2N6. The minimum absolute atomic E-state index is 0.117. The Kier molecular flexibility index (Phi) is 4.21. The molecule has 0 unspecified atom stereocenters. The number of nitrogen functional groups attached to an aromatic ring is 1. The molecule has 145 valence electrons. The monoisotopic (exact) mass is 391 g/mol. The first-order chi connectivity index (χ1) is 14.1. The third kappa shape index (κ3) is 3.01. The number of fused-ring (bicyclic) bond motifs is 1. The van der Waals surface area contributed by atoms with E-state index in [2.05, 4.69) is 26.4 Å². The third-order valence-corrected chi connectivity index (χ3v) is 5.22. The lowest BCUT2D eigenvalue weighted by atomic mass is 10.0. The molecule has 2 aromatic carbocycles. The second kappa shape index (κ2) is 6.89. The zero-order chi connectivity index (χ0) is 20.0. The molecule has 5 rings (SSSR count). The average Bonchev–Trinajstić information content (AvgIpc) is 3.36. The van der Waals surface area contributed by atoms with E-state index in [0.717, 1.165) is 19.5 Å². The zero-order valence-corrected chi connectivity index (χ0v) is 15.4. The summed E-state index contributed by atoms with van der Waals surface area (Å²) in [6.45, 7) is 1.65. The Labute approximate surface area is 165 Å². The Morgan fingerprint density at radius 3 is 2.76 bits per heavy atom. The average molecular weight is 391 g/mol. The van der Waals surface area contributed by atoms with E-state index >= 15 is 4.39 Å². The molecular weight excluding hydrogens is 374 g/mol. The molecule has 4 aromatic rings. The maximum Gasteiger partial charge on any atom is 0.164 e. The minimum atomic E-state index is -0.494. The summed E-state index contributed by atoms with van der Waals surface area (Å²) in [5.74, 6) is -0.715. The fourth-order valence-corrected chi connectivity index (χ4v) is 3.79. The van der Waals surface area contributed by atoms with Crippen molar-refractivity contribution in [2.45, 2.75) is 12.5 Å². The van der Waals surface area contributed by atoms with Gasteiger partial charge in [-0.1, -0.05) is 18.2 Å². The number of halogens is 2. The van der Waals surface area contributed by atoms with Gasteiger partial charge < -0.3 is 11.1 Å². The quantitative estimate of drug-likeness (QED) is 0.560. The van der Waals surface area contributed by atoms with Crippen molar-refractivity contribution >= 4 is 16.9 Å². The first kappa shape index (κ1) is 17.7. The molecule has 1 aliphatic rings.